The monoisotopic (exact) mass is 294 g/mol. The lowest BCUT2D eigenvalue weighted by Crippen LogP contribution is -2.36. The van der Waals surface area contributed by atoms with Gasteiger partial charge in [-0.05, 0) is 18.4 Å². The zero-order chi connectivity index (χ0) is 12.8. The van der Waals surface area contributed by atoms with Crippen LogP contribution in [0.3, 0.4) is 0 Å². The minimum atomic E-state index is -0.591. The fraction of sp³-hybridized carbons (Fsp3) is 0.444. The minimum absolute atomic E-state index is 0.0923. The second-order valence-electron chi connectivity index (χ2n) is 3.20. The number of thioether (sulfide) groups is 1. The summed E-state index contributed by atoms with van der Waals surface area (Å²) in [5.41, 5.74) is 5.69. The largest absolute Gasteiger partial charge is 0.320 e. The van der Waals surface area contributed by atoms with Crippen LogP contribution in [0.1, 0.15) is 6.42 Å². The molecule has 5 nitrogen and oxygen atoms in total. The quantitative estimate of drug-likeness (QED) is 0.810. The molecule has 1 rings (SSSR count). The van der Waals surface area contributed by atoms with Crippen LogP contribution in [-0.4, -0.2) is 33.9 Å². The van der Waals surface area contributed by atoms with E-state index >= 15 is 0 Å². The first kappa shape index (κ1) is 14.5. The fourth-order valence-corrected chi connectivity index (χ4v) is 1.79. The number of amides is 1. The Morgan fingerprint density at radius 3 is 2.94 bits per heavy atom. The summed E-state index contributed by atoms with van der Waals surface area (Å²) in [6, 6.07) is -0.591. The van der Waals surface area contributed by atoms with E-state index in [-0.39, 0.29) is 21.9 Å². The van der Waals surface area contributed by atoms with Crippen molar-refractivity contribution in [3.63, 3.8) is 0 Å². The van der Waals surface area contributed by atoms with Crippen molar-refractivity contribution < 1.29 is 4.79 Å². The summed E-state index contributed by atoms with van der Waals surface area (Å²) in [5, 5.41) is 2.72. The van der Waals surface area contributed by atoms with Crippen molar-refractivity contribution in [2.45, 2.75) is 12.5 Å². The van der Waals surface area contributed by atoms with Crippen LogP contribution in [0.15, 0.2) is 6.33 Å². The molecule has 1 aromatic heterocycles. The molecule has 0 spiro atoms. The number of carbonyl (C=O) groups is 1. The number of anilines is 1. The van der Waals surface area contributed by atoms with E-state index in [2.05, 4.69) is 15.3 Å². The summed E-state index contributed by atoms with van der Waals surface area (Å²) in [4.78, 5) is 19.2. The molecule has 0 fully saturated rings. The number of nitrogens with one attached hydrogen (secondary N) is 1. The average Bonchev–Trinajstić information content (AvgIpc) is 2.31. The molecule has 0 aliphatic carbocycles. The number of nitrogens with two attached hydrogens (primary N) is 1. The molecular weight excluding hydrogens is 283 g/mol. The van der Waals surface area contributed by atoms with Crippen molar-refractivity contribution in [1.82, 2.24) is 9.97 Å². The Morgan fingerprint density at radius 2 is 2.29 bits per heavy atom. The number of hydrogen-bond acceptors (Lipinski definition) is 5. The number of hydrogen-bond donors (Lipinski definition) is 2. The summed E-state index contributed by atoms with van der Waals surface area (Å²) in [6.45, 7) is 0. The molecule has 17 heavy (non-hydrogen) atoms. The lowest BCUT2D eigenvalue weighted by molar-refractivity contribution is -0.117. The third kappa shape index (κ3) is 4.31. The van der Waals surface area contributed by atoms with Gasteiger partial charge in [0.15, 0.2) is 11.0 Å². The van der Waals surface area contributed by atoms with Gasteiger partial charge in [0.25, 0.3) is 0 Å². The topological polar surface area (TPSA) is 80.9 Å². The Hall–Kier alpha value is -0.560. The van der Waals surface area contributed by atoms with Crippen molar-refractivity contribution in [1.29, 1.82) is 0 Å². The molecule has 0 saturated heterocycles. The molecule has 0 aromatic carbocycles. The van der Waals surface area contributed by atoms with Gasteiger partial charge in [0, 0.05) is 0 Å². The zero-order valence-corrected chi connectivity index (χ0v) is 11.4. The minimum Gasteiger partial charge on any atom is -0.320 e. The van der Waals surface area contributed by atoms with E-state index in [9.17, 15) is 4.79 Å². The number of rotatable bonds is 5. The van der Waals surface area contributed by atoms with E-state index in [0.717, 1.165) is 5.75 Å². The van der Waals surface area contributed by atoms with Crippen molar-refractivity contribution in [3.8, 4) is 0 Å². The second kappa shape index (κ2) is 7.00. The van der Waals surface area contributed by atoms with Gasteiger partial charge in [0.1, 0.15) is 11.3 Å². The molecule has 1 amide bonds. The summed E-state index contributed by atoms with van der Waals surface area (Å²) in [6.07, 6.45) is 3.76. The third-order valence-corrected chi connectivity index (χ3v) is 3.34. The van der Waals surface area contributed by atoms with Crippen LogP contribution in [0.2, 0.25) is 10.2 Å². The van der Waals surface area contributed by atoms with E-state index in [1.807, 2.05) is 6.26 Å². The Labute approximate surface area is 113 Å². The maximum atomic E-state index is 11.7. The summed E-state index contributed by atoms with van der Waals surface area (Å²) in [7, 11) is 0. The molecule has 3 N–H and O–H groups in total. The first-order valence-electron chi connectivity index (χ1n) is 4.77. The van der Waals surface area contributed by atoms with Gasteiger partial charge >= 0.3 is 0 Å². The highest BCUT2D eigenvalue weighted by molar-refractivity contribution is 7.98. The first-order chi connectivity index (χ1) is 8.06. The number of nitrogens with zero attached hydrogens (tertiary/aromatic N) is 2. The average molecular weight is 295 g/mol. The number of carbonyl (C=O) groups excluding carboxylic acids is 1. The highest BCUT2D eigenvalue weighted by Gasteiger charge is 2.16. The van der Waals surface area contributed by atoms with Crippen LogP contribution in [0, 0.1) is 0 Å². The van der Waals surface area contributed by atoms with E-state index in [0.29, 0.717) is 6.42 Å². The Kier molecular flexibility index (Phi) is 5.97. The molecule has 0 radical (unpaired) electrons. The Morgan fingerprint density at radius 1 is 1.59 bits per heavy atom. The van der Waals surface area contributed by atoms with Crippen molar-refractivity contribution in [3.05, 3.63) is 16.5 Å². The molecule has 0 saturated carbocycles. The third-order valence-electron chi connectivity index (χ3n) is 1.96. The molecule has 0 aliphatic rings. The molecular formula is C9H12Cl2N4OS. The van der Waals surface area contributed by atoms with Gasteiger partial charge in [0.2, 0.25) is 5.91 Å². The molecule has 94 valence electrons. The van der Waals surface area contributed by atoms with Crippen molar-refractivity contribution in [2.24, 2.45) is 5.73 Å². The molecule has 0 bridgehead atoms. The normalized spacial score (nSPS) is 12.2. The first-order valence-corrected chi connectivity index (χ1v) is 6.92. The summed E-state index contributed by atoms with van der Waals surface area (Å²) < 4.78 is 0. The molecule has 8 heteroatoms. The van der Waals surface area contributed by atoms with Gasteiger partial charge in [-0.1, -0.05) is 23.2 Å². The van der Waals surface area contributed by atoms with E-state index in [1.165, 1.54) is 6.33 Å². The molecule has 0 unspecified atom stereocenters. The standard InChI is InChI=1S/C9H12Cl2N4OS/c1-17-3-2-5(12)9(16)15-8-6(10)7(11)13-4-14-8/h4-5H,2-3,12H2,1H3,(H,13,14,15,16)/t5-/m0/s1. The maximum Gasteiger partial charge on any atom is 0.242 e. The lowest BCUT2D eigenvalue weighted by Gasteiger charge is -2.11. The zero-order valence-electron chi connectivity index (χ0n) is 9.11. The van der Waals surface area contributed by atoms with Gasteiger partial charge in [-0.25, -0.2) is 9.97 Å². The molecule has 1 heterocycles. The fourth-order valence-electron chi connectivity index (χ4n) is 1.02. The van der Waals surface area contributed by atoms with Gasteiger partial charge in [0.05, 0.1) is 6.04 Å². The van der Waals surface area contributed by atoms with Gasteiger partial charge in [-0.15, -0.1) is 0 Å². The van der Waals surface area contributed by atoms with E-state index in [1.54, 1.807) is 11.8 Å². The molecule has 1 atom stereocenters. The van der Waals surface area contributed by atoms with Crippen LogP contribution < -0.4 is 11.1 Å². The smallest absolute Gasteiger partial charge is 0.242 e. The van der Waals surface area contributed by atoms with Gasteiger partial charge in [-0.2, -0.15) is 11.8 Å². The van der Waals surface area contributed by atoms with Crippen molar-refractivity contribution >= 4 is 46.7 Å². The highest BCUT2D eigenvalue weighted by Crippen LogP contribution is 2.25. The molecule has 0 aliphatic heterocycles. The lowest BCUT2D eigenvalue weighted by atomic mass is 10.2. The Bertz CT molecular complexity index is 405. The number of halogens is 2. The van der Waals surface area contributed by atoms with Gasteiger partial charge < -0.3 is 11.1 Å². The Balaban J connectivity index is 2.64. The SMILES string of the molecule is CSCC[C@H](N)C(=O)Nc1ncnc(Cl)c1Cl. The van der Waals surface area contributed by atoms with Crippen molar-refractivity contribution in [2.75, 3.05) is 17.3 Å². The second-order valence-corrected chi connectivity index (χ2v) is 4.93. The predicted octanol–water partition coefficient (Wildman–Crippen LogP) is 1.80. The van der Waals surface area contributed by atoms with E-state index in [4.69, 9.17) is 28.9 Å². The summed E-state index contributed by atoms with van der Waals surface area (Å²) >= 11 is 13.1. The van der Waals surface area contributed by atoms with Gasteiger partial charge in [-0.3, -0.25) is 4.79 Å². The van der Waals surface area contributed by atoms with Crippen LogP contribution in [0.4, 0.5) is 5.82 Å². The van der Waals surface area contributed by atoms with Crippen LogP contribution in [0.25, 0.3) is 0 Å². The van der Waals surface area contributed by atoms with Crippen LogP contribution in [-0.2, 0) is 4.79 Å². The molecule has 1 aromatic rings. The maximum absolute atomic E-state index is 11.7. The predicted molar refractivity (Wildman–Crippen MR) is 71.7 cm³/mol. The summed E-state index contributed by atoms with van der Waals surface area (Å²) in [5.74, 6) is 0.652. The van der Waals surface area contributed by atoms with Crippen LogP contribution >= 0.6 is 35.0 Å². The highest BCUT2D eigenvalue weighted by atomic mass is 35.5. The van der Waals surface area contributed by atoms with Crippen LogP contribution in [0.5, 0.6) is 0 Å². The number of aromatic nitrogens is 2. The van der Waals surface area contributed by atoms with E-state index < -0.39 is 6.04 Å².